The summed E-state index contributed by atoms with van der Waals surface area (Å²) >= 11 is 1.67. The maximum absolute atomic E-state index is 12.3. The highest BCUT2D eigenvalue weighted by Crippen LogP contribution is 2.27. The molecule has 3 fully saturated rings. The molecule has 0 aliphatic carbocycles. The van der Waals surface area contributed by atoms with Crippen molar-refractivity contribution < 1.29 is 4.79 Å². The molecule has 0 radical (unpaired) electrons. The van der Waals surface area contributed by atoms with Crippen LogP contribution in [-0.2, 0) is 0 Å². The van der Waals surface area contributed by atoms with E-state index in [-0.39, 0.29) is 5.91 Å². The first-order valence-corrected chi connectivity index (χ1v) is 8.16. The van der Waals surface area contributed by atoms with Crippen LogP contribution in [0.4, 0.5) is 0 Å². The van der Waals surface area contributed by atoms with Crippen LogP contribution in [0.2, 0.25) is 0 Å². The van der Waals surface area contributed by atoms with Gasteiger partial charge in [0.25, 0.3) is 5.91 Å². The number of fused-ring (bicyclic) bond motifs is 3. The van der Waals surface area contributed by atoms with Gasteiger partial charge in [0.05, 0.1) is 0 Å². The molecule has 1 amide bonds. The smallest absolute Gasteiger partial charge is 0.251 e. The van der Waals surface area contributed by atoms with Gasteiger partial charge in [-0.3, -0.25) is 4.79 Å². The molecule has 0 saturated carbocycles. The van der Waals surface area contributed by atoms with E-state index < -0.39 is 0 Å². The van der Waals surface area contributed by atoms with E-state index in [2.05, 4.69) is 10.2 Å². The zero-order valence-corrected chi connectivity index (χ0v) is 12.1. The Balaban J connectivity index is 1.67. The Kier molecular flexibility index (Phi) is 3.80. The number of nitrogens with one attached hydrogen (secondary N) is 1. The Morgan fingerprint density at radius 1 is 1.37 bits per heavy atom. The fraction of sp³-hybridized carbons (Fsp3) is 0.533. The van der Waals surface area contributed by atoms with Crippen LogP contribution in [0, 0.1) is 5.92 Å². The van der Waals surface area contributed by atoms with Gasteiger partial charge in [-0.05, 0) is 56.3 Å². The summed E-state index contributed by atoms with van der Waals surface area (Å²) in [4.78, 5) is 15.9. The van der Waals surface area contributed by atoms with Gasteiger partial charge in [0.1, 0.15) is 0 Å². The summed E-state index contributed by atoms with van der Waals surface area (Å²) in [6.45, 7) is 3.44. The molecule has 2 bridgehead atoms. The van der Waals surface area contributed by atoms with Gasteiger partial charge in [0.15, 0.2) is 0 Å². The average Bonchev–Trinajstić information content (AvgIpc) is 2.48. The number of piperidine rings is 3. The van der Waals surface area contributed by atoms with Gasteiger partial charge in [0, 0.05) is 23.0 Å². The highest BCUT2D eigenvalue weighted by atomic mass is 32.2. The van der Waals surface area contributed by atoms with Gasteiger partial charge >= 0.3 is 0 Å². The van der Waals surface area contributed by atoms with Crippen LogP contribution in [0.3, 0.4) is 0 Å². The predicted octanol–water partition coefficient (Wildman–Crippen LogP) is 2.23. The standard InChI is InChI=1S/C15H20N2OS/c1-19-13-4-2-3-12(9-13)15(18)16-14-10-17-7-5-11(14)6-8-17/h2-4,9,11,14H,5-8,10H2,1H3,(H,16,18)/t14-/m1/s1. The molecular formula is C15H20N2OS. The van der Waals surface area contributed by atoms with E-state index in [1.807, 2.05) is 30.5 Å². The first kappa shape index (κ1) is 13.0. The number of benzene rings is 1. The first-order valence-electron chi connectivity index (χ1n) is 6.93. The van der Waals surface area contributed by atoms with E-state index in [0.717, 1.165) is 17.0 Å². The quantitative estimate of drug-likeness (QED) is 0.859. The highest BCUT2D eigenvalue weighted by molar-refractivity contribution is 7.98. The van der Waals surface area contributed by atoms with E-state index in [4.69, 9.17) is 0 Å². The number of nitrogens with zero attached hydrogens (tertiary/aromatic N) is 1. The van der Waals surface area contributed by atoms with Crippen LogP contribution >= 0.6 is 11.8 Å². The number of thioether (sulfide) groups is 1. The zero-order chi connectivity index (χ0) is 13.2. The number of carbonyl (C=O) groups is 1. The van der Waals surface area contributed by atoms with Crippen LogP contribution in [0.15, 0.2) is 29.2 Å². The SMILES string of the molecule is CSc1cccc(C(=O)N[C@@H]2CN3CCC2CC3)c1. The maximum atomic E-state index is 12.3. The van der Waals surface area contributed by atoms with Gasteiger partial charge in [-0.1, -0.05) is 6.07 Å². The third-order valence-electron chi connectivity index (χ3n) is 4.30. The fourth-order valence-electron chi connectivity index (χ4n) is 3.14. The molecule has 1 N–H and O–H groups in total. The second-order valence-electron chi connectivity index (χ2n) is 5.45. The van der Waals surface area contributed by atoms with Gasteiger partial charge in [-0.15, -0.1) is 11.8 Å². The van der Waals surface area contributed by atoms with Crippen molar-refractivity contribution in [1.82, 2.24) is 10.2 Å². The Bertz CT molecular complexity index is 469. The highest BCUT2D eigenvalue weighted by Gasteiger charge is 2.34. The van der Waals surface area contributed by atoms with Gasteiger partial charge in [-0.2, -0.15) is 0 Å². The van der Waals surface area contributed by atoms with Crippen molar-refractivity contribution in [2.24, 2.45) is 5.92 Å². The lowest BCUT2D eigenvalue weighted by molar-refractivity contribution is 0.0620. The summed E-state index contributed by atoms with van der Waals surface area (Å²) < 4.78 is 0. The van der Waals surface area contributed by atoms with Crippen LogP contribution in [0.1, 0.15) is 23.2 Å². The van der Waals surface area contributed by atoms with Gasteiger partial charge in [-0.25, -0.2) is 0 Å². The Morgan fingerprint density at radius 2 is 2.16 bits per heavy atom. The number of hydrogen-bond donors (Lipinski definition) is 1. The molecule has 1 aromatic carbocycles. The number of hydrogen-bond acceptors (Lipinski definition) is 3. The lowest BCUT2D eigenvalue weighted by atomic mass is 9.84. The monoisotopic (exact) mass is 276 g/mol. The lowest BCUT2D eigenvalue weighted by Crippen LogP contribution is -2.57. The molecule has 0 unspecified atom stereocenters. The Labute approximate surface area is 118 Å². The van der Waals surface area contributed by atoms with Gasteiger partial charge < -0.3 is 10.2 Å². The molecule has 3 aliphatic rings. The summed E-state index contributed by atoms with van der Waals surface area (Å²) in [6, 6.07) is 8.21. The summed E-state index contributed by atoms with van der Waals surface area (Å²) in [6.07, 6.45) is 4.50. The number of carbonyl (C=O) groups excluding carboxylic acids is 1. The van der Waals surface area contributed by atoms with E-state index >= 15 is 0 Å². The van der Waals surface area contributed by atoms with E-state index in [1.165, 1.54) is 25.9 Å². The molecule has 0 spiro atoms. The number of rotatable bonds is 3. The first-order chi connectivity index (χ1) is 9.26. The molecular weight excluding hydrogens is 256 g/mol. The molecule has 3 nitrogen and oxygen atoms in total. The second-order valence-corrected chi connectivity index (χ2v) is 6.33. The molecule has 3 saturated heterocycles. The topological polar surface area (TPSA) is 32.3 Å². The molecule has 102 valence electrons. The van der Waals surface area contributed by atoms with E-state index in [0.29, 0.717) is 12.0 Å². The van der Waals surface area contributed by atoms with Crippen LogP contribution in [0.25, 0.3) is 0 Å². The van der Waals surface area contributed by atoms with Crippen molar-refractivity contribution in [3.63, 3.8) is 0 Å². The summed E-state index contributed by atoms with van der Waals surface area (Å²) in [5.74, 6) is 0.757. The number of amides is 1. The maximum Gasteiger partial charge on any atom is 0.251 e. The second kappa shape index (κ2) is 5.55. The van der Waals surface area contributed by atoms with E-state index in [9.17, 15) is 4.79 Å². The summed E-state index contributed by atoms with van der Waals surface area (Å²) in [7, 11) is 0. The Morgan fingerprint density at radius 3 is 2.79 bits per heavy atom. The van der Waals surface area contributed by atoms with Crippen molar-refractivity contribution in [3.8, 4) is 0 Å². The van der Waals surface area contributed by atoms with Gasteiger partial charge in [0.2, 0.25) is 0 Å². The summed E-state index contributed by atoms with van der Waals surface area (Å²) in [5.41, 5.74) is 0.781. The zero-order valence-electron chi connectivity index (χ0n) is 11.3. The molecule has 0 aromatic heterocycles. The Hall–Kier alpha value is -1.00. The minimum atomic E-state index is 0.0784. The molecule has 3 heterocycles. The third-order valence-corrected chi connectivity index (χ3v) is 5.03. The molecule has 4 rings (SSSR count). The van der Waals surface area contributed by atoms with E-state index in [1.54, 1.807) is 11.8 Å². The summed E-state index contributed by atoms with van der Waals surface area (Å²) in [5, 5.41) is 3.23. The van der Waals surface area contributed by atoms with Crippen LogP contribution in [0.5, 0.6) is 0 Å². The van der Waals surface area contributed by atoms with Crippen molar-refractivity contribution in [3.05, 3.63) is 29.8 Å². The lowest BCUT2D eigenvalue weighted by Gasteiger charge is -2.44. The van der Waals surface area contributed by atoms with Crippen molar-refractivity contribution in [2.45, 2.75) is 23.8 Å². The largest absolute Gasteiger partial charge is 0.348 e. The van der Waals surface area contributed by atoms with Crippen molar-refractivity contribution in [1.29, 1.82) is 0 Å². The van der Waals surface area contributed by atoms with Crippen LogP contribution in [-0.4, -0.2) is 42.7 Å². The van der Waals surface area contributed by atoms with Crippen molar-refractivity contribution in [2.75, 3.05) is 25.9 Å². The molecule has 4 heteroatoms. The minimum absolute atomic E-state index is 0.0784. The van der Waals surface area contributed by atoms with Crippen LogP contribution < -0.4 is 5.32 Å². The molecule has 1 aromatic rings. The normalized spacial score (nSPS) is 29.2. The molecule has 3 aliphatic heterocycles. The molecule has 19 heavy (non-hydrogen) atoms. The molecule has 1 atom stereocenters. The van der Waals surface area contributed by atoms with Crippen molar-refractivity contribution >= 4 is 17.7 Å². The minimum Gasteiger partial charge on any atom is -0.348 e. The predicted molar refractivity (Wildman–Crippen MR) is 78.6 cm³/mol. The fourth-order valence-corrected chi connectivity index (χ4v) is 3.60. The average molecular weight is 276 g/mol. The third kappa shape index (κ3) is 2.79.